The second kappa shape index (κ2) is 4.22. The van der Waals surface area contributed by atoms with E-state index in [1.165, 1.54) is 6.07 Å². The molecule has 0 amide bonds. The standard InChI is InChI=1S/C10H11N5O3/c16-15(17)8-2-1-7(9-10(8)14-18-13-9)12-6-3-4-11-5-6/h1-2,6,11-12H,3-5H2. The molecule has 1 aromatic carbocycles. The molecule has 1 fully saturated rings. The van der Waals surface area contributed by atoms with Gasteiger partial charge in [-0.15, -0.1) is 0 Å². The highest BCUT2D eigenvalue weighted by Crippen LogP contribution is 2.29. The first kappa shape index (κ1) is 10.9. The summed E-state index contributed by atoms with van der Waals surface area (Å²) in [7, 11) is 0. The van der Waals surface area contributed by atoms with Crippen LogP contribution in [0.5, 0.6) is 0 Å². The zero-order valence-corrected chi connectivity index (χ0v) is 9.42. The molecule has 1 aliphatic heterocycles. The molecule has 0 bridgehead atoms. The fourth-order valence-electron chi connectivity index (χ4n) is 2.12. The lowest BCUT2D eigenvalue weighted by atomic mass is 10.2. The number of anilines is 1. The van der Waals surface area contributed by atoms with Gasteiger partial charge in [0, 0.05) is 18.7 Å². The van der Waals surface area contributed by atoms with E-state index in [9.17, 15) is 10.1 Å². The summed E-state index contributed by atoms with van der Waals surface area (Å²) in [6.07, 6.45) is 1.00. The highest BCUT2D eigenvalue weighted by molar-refractivity contribution is 5.93. The zero-order chi connectivity index (χ0) is 12.5. The zero-order valence-electron chi connectivity index (χ0n) is 9.42. The normalized spacial score (nSPS) is 19.2. The first-order valence-corrected chi connectivity index (χ1v) is 5.62. The number of nitrogens with one attached hydrogen (secondary N) is 2. The molecule has 94 valence electrons. The summed E-state index contributed by atoms with van der Waals surface area (Å²) >= 11 is 0. The number of nitrogens with zero attached hydrogens (tertiary/aromatic N) is 3. The van der Waals surface area contributed by atoms with Gasteiger partial charge in [-0.05, 0) is 29.3 Å². The van der Waals surface area contributed by atoms with Gasteiger partial charge in [-0.2, -0.15) is 0 Å². The Labute approximate surface area is 101 Å². The van der Waals surface area contributed by atoms with Gasteiger partial charge in [0.25, 0.3) is 0 Å². The van der Waals surface area contributed by atoms with Gasteiger partial charge in [-0.3, -0.25) is 10.1 Å². The van der Waals surface area contributed by atoms with Crippen molar-refractivity contribution in [2.24, 2.45) is 0 Å². The number of hydrogen-bond acceptors (Lipinski definition) is 7. The van der Waals surface area contributed by atoms with Crippen LogP contribution in [-0.2, 0) is 0 Å². The van der Waals surface area contributed by atoms with Crippen molar-refractivity contribution in [1.29, 1.82) is 0 Å². The molecule has 1 atom stereocenters. The van der Waals surface area contributed by atoms with E-state index in [1.807, 2.05) is 0 Å². The first-order chi connectivity index (χ1) is 8.75. The summed E-state index contributed by atoms with van der Waals surface area (Å²) < 4.78 is 4.60. The molecule has 3 rings (SSSR count). The van der Waals surface area contributed by atoms with Crippen molar-refractivity contribution < 1.29 is 9.55 Å². The Balaban J connectivity index is 2.00. The second-order valence-electron chi connectivity index (χ2n) is 4.18. The number of aromatic nitrogens is 2. The van der Waals surface area contributed by atoms with Crippen LogP contribution in [0, 0.1) is 10.1 Å². The number of nitro groups is 1. The van der Waals surface area contributed by atoms with Crippen LogP contribution in [0.25, 0.3) is 11.0 Å². The summed E-state index contributed by atoms with van der Waals surface area (Å²) in [5.41, 5.74) is 1.19. The second-order valence-corrected chi connectivity index (χ2v) is 4.18. The van der Waals surface area contributed by atoms with Gasteiger partial charge < -0.3 is 10.6 Å². The maximum atomic E-state index is 10.8. The van der Waals surface area contributed by atoms with E-state index in [-0.39, 0.29) is 11.2 Å². The molecular formula is C10H11N5O3. The van der Waals surface area contributed by atoms with Crippen LogP contribution < -0.4 is 10.6 Å². The highest BCUT2D eigenvalue weighted by Gasteiger charge is 2.21. The molecule has 0 aliphatic carbocycles. The van der Waals surface area contributed by atoms with Crippen molar-refractivity contribution in [1.82, 2.24) is 15.6 Å². The van der Waals surface area contributed by atoms with Crippen molar-refractivity contribution in [3.8, 4) is 0 Å². The Hall–Kier alpha value is -2.22. The van der Waals surface area contributed by atoms with Gasteiger partial charge in [0.1, 0.15) is 0 Å². The summed E-state index contributed by atoms with van der Waals surface area (Å²) in [6, 6.07) is 3.35. The van der Waals surface area contributed by atoms with Gasteiger partial charge in [0.15, 0.2) is 5.52 Å². The molecule has 1 saturated heterocycles. The van der Waals surface area contributed by atoms with Crippen molar-refractivity contribution in [2.45, 2.75) is 12.5 Å². The maximum Gasteiger partial charge on any atom is 0.300 e. The third-order valence-corrected chi connectivity index (χ3v) is 3.01. The Morgan fingerprint density at radius 3 is 3.00 bits per heavy atom. The molecule has 2 N–H and O–H groups in total. The van der Waals surface area contributed by atoms with E-state index in [1.54, 1.807) is 6.07 Å². The maximum absolute atomic E-state index is 10.8. The number of hydrogen-bond donors (Lipinski definition) is 2. The topological polar surface area (TPSA) is 106 Å². The van der Waals surface area contributed by atoms with Gasteiger partial charge in [0.05, 0.1) is 10.6 Å². The van der Waals surface area contributed by atoms with Crippen LogP contribution in [0.2, 0.25) is 0 Å². The van der Waals surface area contributed by atoms with Crippen LogP contribution in [0.1, 0.15) is 6.42 Å². The van der Waals surface area contributed by atoms with Gasteiger partial charge in [-0.1, -0.05) is 0 Å². The molecular weight excluding hydrogens is 238 g/mol. The molecule has 1 unspecified atom stereocenters. The van der Waals surface area contributed by atoms with Crippen molar-refractivity contribution in [3.05, 3.63) is 22.2 Å². The van der Waals surface area contributed by atoms with Crippen LogP contribution in [-0.4, -0.2) is 34.4 Å². The lowest BCUT2D eigenvalue weighted by Gasteiger charge is -2.12. The first-order valence-electron chi connectivity index (χ1n) is 5.62. The summed E-state index contributed by atoms with van der Waals surface area (Å²) in [5, 5.41) is 24.7. The fraction of sp³-hybridized carbons (Fsp3) is 0.400. The Morgan fingerprint density at radius 2 is 2.28 bits per heavy atom. The minimum Gasteiger partial charge on any atom is -0.379 e. The van der Waals surface area contributed by atoms with E-state index in [0.29, 0.717) is 17.2 Å². The fourth-order valence-corrected chi connectivity index (χ4v) is 2.12. The van der Waals surface area contributed by atoms with Crippen LogP contribution in [0.15, 0.2) is 16.8 Å². The number of non-ortho nitro benzene ring substituents is 1. The van der Waals surface area contributed by atoms with Crippen LogP contribution in [0.3, 0.4) is 0 Å². The smallest absolute Gasteiger partial charge is 0.300 e. The third kappa shape index (κ3) is 1.76. The molecule has 0 spiro atoms. The highest BCUT2D eigenvalue weighted by atomic mass is 16.6. The number of fused-ring (bicyclic) bond motifs is 1. The van der Waals surface area contributed by atoms with Crippen molar-refractivity contribution >= 4 is 22.4 Å². The molecule has 18 heavy (non-hydrogen) atoms. The molecule has 1 aliphatic rings. The number of nitro benzene ring substituents is 1. The molecule has 2 heterocycles. The lowest BCUT2D eigenvalue weighted by molar-refractivity contribution is -0.383. The SMILES string of the molecule is O=[N+]([O-])c1ccc(NC2CCNC2)c2nonc12. The Bertz CT molecular complexity index is 590. The largest absolute Gasteiger partial charge is 0.379 e. The summed E-state index contributed by atoms with van der Waals surface area (Å²) in [5.74, 6) is 0. The summed E-state index contributed by atoms with van der Waals surface area (Å²) in [4.78, 5) is 10.3. The van der Waals surface area contributed by atoms with E-state index >= 15 is 0 Å². The van der Waals surface area contributed by atoms with Crippen LogP contribution in [0.4, 0.5) is 11.4 Å². The quantitative estimate of drug-likeness (QED) is 0.614. The molecule has 1 aromatic heterocycles. The minimum atomic E-state index is -0.493. The van der Waals surface area contributed by atoms with Gasteiger partial charge in [0.2, 0.25) is 5.52 Å². The molecule has 2 aromatic rings. The predicted octanol–water partition coefficient (Wildman–Crippen LogP) is 0.905. The lowest BCUT2D eigenvalue weighted by Crippen LogP contribution is -2.22. The van der Waals surface area contributed by atoms with E-state index in [2.05, 4.69) is 25.6 Å². The molecule has 8 heteroatoms. The molecule has 8 nitrogen and oxygen atoms in total. The molecule has 0 radical (unpaired) electrons. The minimum absolute atomic E-state index is 0.0960. The number of rotatable bonds is 3. The Kier molecular flexibility index (Phi) is 2.56. The average molecular weight is 249 g/mol. The van der Waals surface area contributed by atoms with Crippen molar-refractivity contribution in [2.75, 3.05) is 18.4 Å². The predicted molar refractivity (Wildman–Crippen MR) is 63.4 cm³/mol. The van der Waals surface area contributed by atoms with Crippen LogP contribution >= 0.6 is 0 Å². The summed E-state index contributed by atoms with van der Waals surface area (Å²) in [6.45, 7) is 1.83. The monoisotopic (exact) mass is 249 g/mol. The van der Waals surface area contributed by atoms with E-state index < -0.39 is 4.92 Å². The van der Waals surface area contributed by atoms with E-state index in [0.717, 1.165) is 19.5 Å². The average Bonchev–Trinajstić information content (AvgIpc) is 2.98. The number of benzene rings is 1. The van der Waals surface area contributed by atoms with Gasteiger partial charge >= 0.3 is 5.69 Å². The third-order valence-electron chi connectivity index (χ3n) is 3.01. The van der Waals surface area contributed by atoms with Gasteiger partial charge in [-0.25, -0.2) is 4.63 Å². The Morgan fingerprint density at radius 1 is 1.44 bits per heavy atom. The van der Waals surface area contributed by atoms with E-state index in [4.69, 9.17) is 0 Å². The molecule has 0 saturated carbocycles. The van der Waals surface area contributed by atoms with Crippen molar-refractivity contribution in [3.63, 3.8) is 0 Å².